The zero-order valence-corrected chi connectivity index (χ0v) is 30.7. The van der Waals surface area contributed by atoms with Crippen LogP contribution in [0.15, 0.2) is 182 Å². The molecule has 258 valence electrons. The average Bonchev–Trinajstić information content (AvgIpc) is 3.47. The molecule has 0 spiro atoms. The van der Waals surface area contributed by atoms with E-state index in [1.165, 1.54) is 76.8 Å². The van der Waals surface area contributed by atoms with Crippen LogP contribution in [0.3, 0.4) is 0 Å². The second kappa shape index (κ2) is 12.1. The van der Waals surface area contributed by atoms with Crippen LogP contribution in [0.5, 0.6) is 0 Å². The van der Waals surface area contributed by atoms with Crippen molar-refractivity contribution in [1.82, 2.24) is 9.97 Å². The Morgan fingerprint density at radius 2 is 0.873 bits per heavy atom. The predicted octanol–water partition coefficient (Wildman–Crippen LogP) is 14.0. The lowest BCUT2D eigenvalue weighted by atomic mass is 9.80. The molecule has 0 N–H and O–H groups in total. The van der Waals surface area contributed by atoms with Gasteiger partial charge >= 0.3 is 0 Å². The number of rotatable bonds is 5. The molecular formula is C53H36N2. The number of nitrogens with zero attached hydrogens (tertiary/aromatic N) is 2. The van der Waals surface area contributed by atoms with Gasteiger partial charge in [-0.2, -0.15) is 0 Å². The van der Waals surface area contributed by atoms with Crippen LogP contribution in [-0.4, -0.2) is 9.97 Å². The monoisotopic (exact) mass is 700 g/mol. The summed E-state index contributed by atoms with van der Waals surface area (Å²) in [7, 11) is 0. The van der Waals surface area contributed by atoms with E-state index >= 15 is 0 Å². The number of aromatic nitrogens is 2. The van der Waals surface area contributed by atoms with Crippen molar-refractivity contribution in [1.29, 1.82) is 0 Å². The summed E-state index contributed by atoms with van der Waals surface area (Å²) in [5, 5.41) is 7.92. The van der Waals surface area contributed by atoms with Gasteiger partial charge in [0.2, 0.25) is 0 Å². The molecule has 55 heavy (non-hydrogen) atoms. The SMILES string of the molecule is CC1(C)c2cc(-c3ccc(-c4nc(-c5ccccc5)cc(-c5ccccc5)n4)cc3)ccc2-c2ccc(-c3cc4cccc5ccc6cccc3c6c54)cc21. The first kappa shape index (κ1) is 31.6. The molecule has 1 heterocycles. The summed E-state index contributed by atoms with van der Waals surface area (Å²) in [6.07, 6.45) is 0. The fourth-order valence-electron chi connectivity index (χ4n) is 8.99. The molecule has 0 unspecified atom stereocenters. The first-order valence-corrected chi connectivity index (χ1v) is 19.1. The average molecular weight is 701 g/mol. The van der Waals surface area contributed by atoms with Crippen LogP contribution >= 0.6 is 0 Å². The van der Waals surface area contributed by atoms with E-state index in [1.807, 2.05) is 12.1 Å². The van der Waals surface area contributed by atoms with Crippen molar-refractivity contribution in [3.05, 3.63) is 193 Å². The predicted molar refractivity (Wildman–Crippen MR) is 230 cm³/mol. The van der Waals surface area contributed by atoms with E-state index in [4.69, 9.17) is 9.97 Å². The van der Waals surface area contributed by atoms with Crippen LogP contribution in [0.25, 0.3) is 99.6 Å². The largest absolute Gasteiger partial charge is 0.228 e. The molecule has 0 saturated heterocycles. The highest BCUT2D eigenvalue weighted by molar-refractivity contribution is 6.26. The molecule has 0 fully saturated rings. The van der Waals surface area contributed by atoms with E-state index in [0.29, 0.717) is 0 Å². The molecule has 9 aromatic carbocycles. The second-order valence-corrected chi connectivity index (χ2v) is 15.4. The van der Waals surface area contributed by atoms with Gasteiger partial charge in [-0.15, -0.1) is 0 Å². The van der Waals surface area contributed by atoms with Crippen LogP contribution < -0.4 is 0 Å². The quantitative estimate of drug-likeness (QED) is 0.167. The highest BCUT2D eigenvalue weighted by Gasteiger charge is 2.36. The van der Waals surface area contributed by atoms with Gasteiger partial charge in [0.15, 0.2) is 5.82 Å². The van der Waals surface area contributed by atoms with Crippen molar-refractivity contribution in [2.24, 2.45) is 0 Å². The van der Waals surface area contributed by atoms with Gasteiger partial charge < -0.3 is 0 Å². The van der Waals surface area contributed by atoms with E-state index in [9.17, 15) is 0 Å². The molecule has 0 bridgehead atoms. The molecular weight excluding hydrogens is 665 g/mol. The van der Waals surface area contributed by atoms with E-state index < -0.39 is 0 Å². The van der Waals surface area contributed by atoms with Gasteiger partial charge in [-0.3, -0.25) is 0 Å². The van der Waals surface area contributed by atoms with E-state index in [-0.39, 0.29) is 5.41 Å². The third-order valence-corrected chi connectivity index (χ3v) is 11.8. The fourth-order valence-corrected chi connectivity index (χ4v) is 8.99. The molecule has 0 radical (unpaired) electrons. The van der Waals surface area contributed by atoms with Crippen molar-refractivity contribution >= 4 is 32.3 Å². The van der Waals surface area contributed by atoms with Crippen LogP contribution in [0.2, 0.25) is 0 Å². The molecule has 10 aromatic rings. The summed E-state index contributed by atoms with van der Waals surface area (Å²) in [6.45, 7) is 4.75. The third kappa shape index (κ3) is 5.02. The Bertz CT molecular complexity index is 3030. The zero-order valence-electron chi connectivity index (χ0n) is 30.7. The Hall–Kier alpha value is -6.90. The summed E-state index contributed by atoms with van der Waals surface area (Å²) in [6, 6.07) is 66.0. The molecule has 1 aromatic heterocycles. The Balaban J connectivity index is 0.955. The maximum atomic E-state index is 5.05. The molecule has 11 rings (SSSR count). The van der Waals surface area contributed by atoms with E-state index in [0.717, 1.165) is 33.9 Å². The zero-order chi connectivity index (χ0) is 36.7. The smallest absolute Gasteiger partial charge is 0.160 e. The number of benzene rings is 9. The van der Waals surface area contributed by atoms with Crippen LogP contribution in [0.4, 0.5) is 0 Å². The number of hydrogen-bond acceptors (Lipinski definition) is 2. The molecule has 1 aliphatic carbocycles. The highest BCUT2D eigenvalue weighted by atomic mass is 14.9. The molecule has 2 heteroatoms. The topological polar surface area (TPSA) is 25.8 Å². The molecule has 0 amide bonds. The minimum absolute atomic E-state index is 0.157. The minimum Gasteiger partial charge on any atom is -0.228 e. The van der Waals surface area contributed by atoms with Gasteiger partial charge in [0.1, 0.15) is 0 Å². The minimum atomic E-state index is -0.157. The van der Waals surface area contributed by atoms with Gasteiger partial charge in [-0.05, 0) is 101 Å². The number of hydrogen-bond donors (Lipinski definition) is 0. The van der Waals surface area contributed by atoms with E-state index in [1.54, 1.807) is 0 Å². The molecule has 1 aliphatic rings. The van der Waals surface area contributed by atoms with Gasteiger partial charge in [0.05, 0.1) is 11.4 Å². The van der Waals surface area contributed by atoms with Gasteiger partial charge in [0.25, 0.3) is 0 Å². The maximum Gasteiger partial charge on any atom is 0.160 e. The Morgan fingerprint density at radius 1 is 0.345 bits per heavy atom. The van der Waals surface area contributed by atoms with Crippen LogP contribution in [0, 0.1) is 0 Å². The number of fused-ring (bicyclic) bond motifs is 3. The van der Waals surface area contributed by atoms with Crippen molar-refractivity contribution in [3.8, 4) is 67.3 Å². The summed E-state index contributed by atoms with van der Waals surface area (Å²) in [5.41, 5.74) is 15.1. The highest BCUT2D eigenvalue weighted by Crippen LogP contribution is 2.51. The van der Waals surface area contributed by atoms with Crippen molar-refractivity contribution in [2.75, 3.05) is 0 Å². The Labute approximate surface area is 320 Å². The molecule has 0 atom stereocenters. The van der Waals surface area contributed by atoms with Gasteiger partial charge in [0, 0.05) is 22.1 Å². The summed E-state index contributed by atoms with van der Waals surface area (Å²) >= 11 is 0. The lowest BCUT2D eigenvalue weighted by Gasteiger charge is -2.23. The summed E-state index contributed by atoms with van der Waals surface area (Å²) in [5.74, 6) is 0.720. The van der Waals surface area contributed by atoms with Crippen LogP contribution in [-0.2, 0) is 5.41 Å². The normalized spacial score (nSPS) is 13.1. The summed E-state index contributed by atoms with van der Waals surface area (Å²) < 4.78 is 0. The first-order valence-electron chi connectivity index (χ1n) is 19.1. The lowest BCUT2D eigenvalue weighted by Crippen LogP contribution is -2.15. The first-order chi connectivity index (χ1) is 27.0. The molecule has 2 nitrogen and oxygen atoms in total. The van der Waals surface area contributed by atoms with E-state index in [2.05, 4.69) is 184 Å². The lowest BCUT2D eigenvalue weighted by molar-refractivity contribution is 0.661. The second-order valence-electron chi connectivity index (χ2n) is 15.4. The van der Waals surface area contributed by atoms with Crippen molar-refractivity contribution in [2.45, 2.75) is 19.3 Å². The Kier molecular flexibility index (Phi) is 6.93. The van der Waals surface area contributed by atoms with Crippen molar-refractivity contribution < 1.29 is 0 Å². The van der Waals surface area contributed by atoms with Gasteiger partial charge in [-0.1, -0.05) is 172 Å². The third-order valence-electron chi connectivity index (χ3n) is 11.8. The Morgan fingerprint density at radius 3 is 1.53 bits per heavy atom. The molecule has 0 saturated carbocycles. The fraction of sp³-hybridized carbons (Fsp3) is 0.0566. The molecule has 0 aliphatic heterocycles. The van der Waals surface area contributed by atoms with Gasteiger partial charge in [-0.25, -0.2) is 9.97 Å². The van der Waals surface area contributed by atoms with Crippen molar-refractivity contribution in [3.63, 3.8) is 0 Å². The summed E-state index contributed by atoms with van der Waals surface area (Å²) in [4.78, 5) is 10.1. The standard InChI is InChI=1S/C53H36N2/c1-53(2)46-30-39(33-19-23-38(24-20-33)52-54-48(34-11-5-3-6-12-34)32-49(55-52)35-13-7-4-8-14-35)25-27-42(46)43-28-26-40(31-47(43)53)45-29-41-17-9-15-36-21-22-37-16-10-18-44(45)51(37)50(36)41/h3-32H,1-2H3. The van der Waals surface area contributed by atoms with Crippen LogP contribution in [0.1, 0.15) is 25.0 Å². The maximum absolute atomic E-state index is 5.05.